The molecular formula is C33H26ClF3N8. The van der Waals surface area contributed by atoms with Crippen molar-refractivity contribution >= 4 is 33.9 Å². The summed E-state index contributed by atoms with van der Waals surface area (Å²) in [6, 6.07) is 21.4. The van der Waals surface area contributed by atoms with E-state index in [4.69, 9.17) is 11.6 Å². The lowest BCUT2D eigenvalue weighted by Gasteiger charge is -2.23. The molecule has 0 spiro atoms. The summed E-state index contributed by atoms with van der Waals surface area (Å²) in [6.07, 6.45) is -1.65. The third-order valence-electron chi connectivity index (χ3n) is 7.99. The minimum absolute atomic E-state index is 0.132. The number of anilines is 2. The summed E-state index contributed by atoms with van der Waals surface area (Å²) >= 11 is 6.55. The highest BCUT2D eigenvalue weighted by Crippen LogP contribution is 2.55. The van der Waals surface area contributed by atoms with Crippen LogP contribution in [0.2, 0.25) is 5.02 Å². The highest BCUT2D eigenvalue weighted by molar-refractivity contribution is 6.31. The molecule has 2 aromatic heterocycles. The number of hydrogen-bond acceptors (Lipinski definition) is 7. The zero-order chi connectivity index (χ0) is 32.7. The minimum Gasteiger partial charge on any atom is -0.377 e. The predicted octanol–water partition coefficient (Wildman–Crippen LogP) is 8.04. The van der Waals surface area contributed by atoms with Gasteiger partial charge in [-0.3, -0.25) is 4.98 Å². The first-order chi connectivity index (χ1) is 22.0. The summed E-state index contributed by atoms with van der Waals surface area (Å²) in [4.78, 5) is 4.40. The molecule has 0 radical (unpaired) electrons. The summed E-state index contributed by atoms with van der Waals surface area (Å²) in [5.41, 5.74) is 0.316. The lowest BCUT2D eigenvalue weighted by atomic mass is 10.00. The molecule has 0 unspecified atom stereocenters. The Balaban J connectivity index is 1.50. The molecule has 1 saturated carbocycles. The normalized spacial score (nSPS) is 16.1. The molecule has 12 heteroatoms. The van der Waals surface area contributed by atoms with Gasteiger partial charge < -0.3 is 10.6 Å². The van der Waals surface area contributed by atoms with E-state index >= 15 is 0 Å². The van der Waals surface area contributed by atoms with Crippen molar-refractivity contribution in [2.24, 2.45) is 0 Å². The van der Waals surface area contributed by atoms with E-state index in [1.165, 1.54) is 12.3 Å². The molecule has 2 N–H and O–H groups in total. The van der Waals surface area contributed by atoms with E-state index in [-0.39, 0.29) is 52.0 Å². The van der Waals surface area contributed by atoms with Gasteiger partial charge >= 0.3 is 6.18 Å². The SMILES string of the molecule is [2H][C@@](Nc1cc(C#N)c2ncc(C#N)c(N[C@H](CC)c3ccccc3)c2c1)(c1cn(C2(C(F)(F)F)CC2)nn1)c1ccccc1Cl. The second kappa shape index (κ2) is 11.8. The Morgan fingerprint density at radius 2 is 1.76 bits per heavy atom. The highest BCUT2D eigenvalue weighted by Gasteiger charge is 2.66. The first-order valence-electron chi connectivity index (χ1n) is 14.7. The van der Waals surface area contributed by atoms with Crippen LogP contribution in [-0.4, -0.2) is 26.2 Å². The van der Waals surface area contributed by atoms with E-state index < -0.39 is 17.7 Å². The van der Waals surface area contributed by atoms with E-state index in [1.807, 2.05) is 37.3 Å². The summed E-state index contributed by atoms with van der Waals surface area (Å²) in [7, 11) is 0. The van der Waals surface area contributed by atoms with Crippen LogP contribution in [0.25, 0.3) is 10.9 Å². The second-order valence-electron chi connectivity index (χ2n) is 10.8. The maximum absolute atomic E-state index is 13.9. The van der Waals surface area contributed by atoms with Crippen LogP contribution in [0.3, 0.4) is 0 Å². The number of nitriles is 2. The Morgan fingerprint density at radius 1 is 1.04 bits per heavy atom. The molecule has 3 aromatic carbocycles. The predicted molar refractivity (Wildman–Crippen MR) is 164 cm³/mol. The van der Waals surface area contributed by atoms with Crippen LogP contribution in [0.15, 0.2) is 79.1 Å². The molecule has 45 heavy (non-hydrogen) atoms. The highest BCUT2D eigenvalue weighted by atomic mass is 35.5. The molecule has 0 bridgehead atoms. The second-order valence-corrected chi connectivity index (χ2v) is 11.2. The van der Waals surface area contributed by atoms with Crippen molar-refractivity contribution in [2.45, 2.75) is 50.0 Å². The molecule has 6 rings (SSSR count). The van der Waals surface area contributed by atoms with Crippen LogP contribution < -0.4 is 10.6 Å². The van der Waals surface area contributed by atoms with Gasteiger partial charge in [-0.25, -0.2) is 4.68 Å². The number of alkyl halides is 3. The van der Waals surface area contributed by atoms with Crippen LogP contribution in [0.4, 0.5) is 24.5 Å². The van der Waals surface area contributed by atoms with Gasteiger partial charge in [-0.15, -0.1) is 5.10 Å². The zero-order valence-corrected chi connectivity index (χ0v) is 24.7. The molecule has 5 aromatic rings. The van der Waals surface area contributed by atoms with E-state index in [0.29, 0.717) is 23.0 Å². The Morgan fingerprint density at radius 3 is 2.40 bits per heavy atom. The van der Waals surface area contributed by atoms with Gasteiger partial charge in [-0.2, -0.15) is 23.7 Å². The van der Waals surface area contributed by atoms with E-state index in [2.05, 4.69) is 38.1 Å². The first kappa shape index (κ1) is 28.6. The van der Waals surface area contributed by atoms with Crippen LogP contribution >= 0.6 is 11.6 Å². The van der Waals surface area contributed by atoms with Gasteiger partial charge in [0.2, 0.25) is 0 Å². The van der Waals surface area contributed by atoms with Gasteiger partial charge in [0, 0.05) is 22.3 Å². The van der Waals surface area contributed by atoms with E-state index in [0.717, 1.165) is 16.4 Å². The maximum atomic E-state index is 13.9. The van der Waals surface area contributed by atoms with E-state index in [9.17, 15) is 25.1 Å². The van der Waals surface area contributed by atoms with Crippen molar-refractivity contribution < 1.29 is 14.5 Å². The molecule has 1 aliphatic rings. The van der Waals surface area contributed by atoms with Crippen LogP contribution in [-0.2, 0) is 5.54 Å². The average molecular weight is 628 g/mol. The van der Waals surface area contributed by atoms with Gasteiger partial charge in [0.25, 0.3) is 0 Å². The number of halogens is 4. The quantitative estimate of drug-likeness (QED) is 0.170. The van der Waals surface area contributed by atoms with Crippen molar-refractivity contribution in [3.05, 3.63) is 112 Å². The molecule has 1 fully saturated rings. The summed E-state index contributed by atoms with van der Waals surface area (Å²) < 4.78 is 52.2. The number of aromatic nitrogens is 4. The minimum atomic E-state index is -4.55. The Labute approximate surface area is 263 Å². The van der Waals surface area contributed by atoms with Gasteiger partial charge in [0.15, 0.2) is 5.54 Å². The average Bonchev–Trinajstić information content (AvgIpc) is 3.73. The Hall–Kier alpha value is -5.13. The number of nitrogens with one attached hydrogen (secondary N) is 2. The lowest BCUT2D eigenvalue weighted by molar-refractivity contribution is -0.182. The molecule has 1 aliphatic carbocycles. The van der Waals surface area contributed by atoms with Gasteiger partial charge in [0.05, 0.1) is 42.0 Å². The van der Waals surface area contributed by atoms with Crippen molar-refractivity contribution in [1.82, 2.24) is 20.0 Å². The number of pyridine rings is 1. The summed E-state index contributed by atoms with van der Waals surface area (Å²) in [5, 5.41) is 35.1. The monoisotopic (exact) mass is 627 g/mol. The molecule has 8 nitrogen and oxygen atoms in total. The Kier molecular flexibility index (Phi) is 7.48. The number of hydrogen-bond donors (Lipinski definition) is 2. The fraction of sp³-hybridized carbons (Fsp3) is 0.242. The van der Waals surface area contributed by atoms with Crippen molar-refractivity contribution in [3.63, 3.8) is 0 Å². The standard InChI is InChI=1S/C33H26ClF3N8/c1-2-27(20-8-4-3-5-9-20)42-30-22(17-39)18-40-29-21(16-38)14-23(15-25(29)30)41-31(24-10-6-7-11-26(24)34)28-19-45(44-43-28)32(12-13-32)33(35,36)37/h3-11,14-15,18-19,27,31,41H,2,12-13H2,1H3,(H,40,42)/t27-,31+/m1/s1/i31D. The lowest BCUT2D eigenvalue weighted by Crippen LogP contribution is -2.35. The Bertz CT molecular complexity index is 2010. The van der Waals surface area contributed by atoms with Crippen molar-refractivity contribution in [2.75, 3.05) is 10.6 Å². The summed E-state index contributed by atoms with van der Waals surface area (Å²) in [6.45, 7) is 2.00. The first-order valence-corrected chi connectivity index (χ1v) is 14.5. The summed E-state index contributed by atoms with van der Waals surface area (Å²) in [5.74, 6) is 0. The third kappa shape index (κ3) is 5.52. The molecule has 2 heterocycles. The molecule has 0 aliphatic heterocycles. The fourth-order valence-electron chi connectivity index (χ4n) is 5.41. The fourth-order valence-corrected chi connectivity index (χ4v) is 5.64. The number of fused-ring (bicyclic) bond motifs is 1. The molecule has 2 atom stereocenters. The largest absolute Gasteiger partial charge is 0.413 e. The zero-order valence-electron chi connectivity index (χ0n) is 24.9. The topological polar surface area (TPSA) is 115 Å². The number of nitrogens with zero attached hydrogens (tertiary/aromatic N) is 6. The number of rotatable bonds is 9. The van der Waals surface area contributed by atoms with Gasteiger partial charge in [-0.1, -0.05) is 72.3 Å². The number of benzene rings is 3. The van der Waals surface area contributed by atoms with Gasteiger partial charge in [-0.05, 0) is 48.6 Å². The smallest absolute Gasteiger partial charge is 0.377 e. The van der Waals surface area contributed by atoms with E-state index in [1.54, 1.807) is 30.3 Å². The molecule has 0 amide bonds. The van der Waals surface area contributed by atoms with Crippen LogP contribution in [0.1, 0.15) is 67.6 Å². The molecule has 226 valence electrons. The van der Waals surface area contributed by atoms with Crippen molar-refractivity contribution in [1.29, 1.82) is 10.5 Å². The van der Waals surface area contributed by atoms with Crippen LogP contribution in [0, 0.1) is 22.7 Å². The molecular weight excluding hydrogens is 601 g/mol. The van der Waals surface area contributed by atoms with Gasteiger partial charge in [0.1, 0.15) is 17.8 Å². The molecule has 0 saturated heterocycles. The maximum Gasteiger partial charge on any atom is 0.413 e. The van der Waals surface area contributed by atoms with Crippen molar-refractivity contribution in [3.8, 4) is 12.1 Å². The van der Waals surface area contributed by atoms with Crippen LogP contribution in [0.5, 0.6) is 0 Å². The third-order valence-corrected chi connectivity index (χ3v) is 8.32.